The number of hydrogen-bond donors (Lipinski definition) is 1. The van der Waals surface area contributed by atoms with Crippen LogP contribution in [0.2, 0.25) is 0 Å². The van der Waals surface area contributed by atoms with Crippen LogP contribution in [0.5, 0.6) is 0 Å². The van der Waals surface area contributed by atoms with Crippen molar-refractivity contribution < 1.29 is 35.9 Å². The zero-order valence-electron chi connectivity index (χ0n) is 23.4. The lowest BCUT2D eigenvalue weighted by molar-refractivity contribution is -0.138. The van der Waals surface area contributed by atoms with E-state index in [4.69, 9.17) is 17.3 Å². The standard InChI is InChI=1S/C15H17F3N2O.C14H14ClF3O/c1-8(2)10(4)12-5-9(3)11(14(21)20-7-19)6-13(12)15(16,17)18;1-7(2)9(4)11-5-8(3)10(13(15)19)6-12(11)14(16,17)18/h5-7H,1-4H3,(H2,19,20,21);5-6H,1-4H3. The van der Waals surface area contributed by atoms with Crippen LogP contribution in [0.1, 0.15) is 95.6 Å². The van der Waals surface area contributed by atoms with Gasteiger partial charge in [-0.05, 0) is 113 Å². The molecular formula is C29H31ClF6N2O2. The molecule has 0 aliphatic carbocycles. The molecule has 0 aliphatic rings. The van der Waals surface area contributed by atoms with Gasteiger partial charge in [-0.2, -0.15) is 31.3 Å². The van der Waals surface area contributed by atoms with E-state index in [9.17, 15) is 35.9 Å². The minimum Gasteiger partial charge on any atom is -0.390 e. The largest absolute Gasteiger partial charge is 0.417 e. The molecule has 0 aliphatic heterocycles. The highest BCUT2D eigenvalue weighted by Crippen LogP contribution is 2.39. The Morgan fingerprint density at radius 3 is 1.35 bits per heavy atom. The van der Waals surface area contributed by atoms with Crippen LogP contribution < -0.4 is 5.73 Å². The lowest BCUT2D eigenvalue weighted by Crippen LogP contribution is -2.12. The van der Waals surface area contributed by atoms with Gasteiger partial charge in [-0.3, -0.25) is 9.59 Å². The van der Waals surface area contributed by atoms with Crippen LogP contribution in [0, 0.1) is 13.8 Å². The van der Waals surface area contributed by atoms with Crippen molar-refractivity contribution in [1.82, 2.24) is 0 Å². The molecule has 2 N–H and O–H groups in total. The lowest BCUT2D eigenvalue weighted by atomic mass is 9.92. The Morgan fingerprint density at radius 2 is 1.05 bits per heavy atom. The summed E-state index contributed by atoms with van der Waals surface area (Å²) in [5, 5.41) is -0.885. The third-order valence-electron chi connectivity index (χ3n) is 6.28. The van der Waals surface area contributed by atoms with Crippen LogP contribution in [0.15, 0.2) is 40.4 Å². The summed E-state index contributed by atoms with van der Waals surface area (Å²) in [7, 11) is 0. The SMILES string of the molecule is CC(C)=C(C)c1cc(C)c(C(=O)Cl)cc1C(F)(F)F.CC(C)=C(C)c1cc(C)c(C(=O)N=CN)cc1C(F)(F)F. The van der Waals surface area contributed by atoms with Crippen LogP contribution in [0.4, 0.5) is 26.3 Å². The highest BCUT2D eigenvalue weighted by Gasteiger charge is 2.36. The van der Waals surface area contributed by atoms with Crippen LogP contribution in [0.25, 0.3) is 11.1 Å². The van der Waals surface area contributed by atoms with Gasteiger partial charge in [0.05, 0.1) is 17.5 Å². The summed E-state index contributed by atoms with van der Waals surface area (Å²) in [6, 6.07) is 4.39. The van der Waals surface area contributed by atoms with Gasteiger partial charge in [0.25, 0.3) is 11.1 Å². The molecule has 0 aromatic heterocycles. The summed E-state index contributed by atoms with van der Waals surface area (Å²) in [6.07, 6.45) is -8.31. The zero-order valence-corrected chi connectivity index (χ0v) is 24.1. The van der Waals surface area contributed by atoms with Gasteiger partial charge in [-0.15, -0.1) is 0 Å². The van der Waals surface area contributed by atoms with E-state index in [0.29, 0.717) is 22.3 Å². The van der Waals surface area contributed by atoms with Gasteiger partial charge in [0.2, 0.25) is 0 Å². The molecule has 0 radical (unpaired) electrons. The smallest absolute Gasteiger partial charge is 0.390 e. The summed E-state index contributed by atoms with van der Waals surface area (Å²) in [4.78, 5) is 26.2. The van der Waals surface area contributed by atoms with Crippen molar-refractivity contribution in [2.75, 3.05) is 0 Å². The zero-order chi connectivity index (χ0) is 31.3. The van der Waals surface area contributed by atoms with Crippen molar-refractivity contribution >= 4 is 40.2 Å². The Balaban J connectivity index is 0.000000402. The number of nitrogens with two attached hydrogens (primary N) is 1. The fourth-order valence-corrected chi connectivity index (χ4v) is 3.83. The maximum atomic E-state index is 13.2. The minimum absolute atomic E-state index is 0.0771. The molecule has 0 atom stereocenters. The Morgan fingerprint density at radius 1 is 0.700 bits per heavy atom. The molecule has 4 nitrogen and oxygen atoms in total. The van der Waals surface area contributed by atoms with Gasteiger partial charge in [0.1, 0.15) is 0 Å². The summed E-state index contributed by atoms with van der Waals surface area (Å²) < 4.78 is 78.9. The molecule has 1 amide bonds. The molecule has 0 spiro atoms. The molecule has 0 heterocycles. The van der Waals surface area contributed by atoms with Crippen molar-refractivity contribution in [3.8, 4) is 0 Å². The van der Waals surface area contributed by atoms with Gasteiger partial charge >= 0.3 is 12.4 Å². The molecule has 40 heavy (non-hydrogen) atoms. The Bertz CT molecular complexity index is 1390. The van der Waals surface area contributed by atoms with Gasteiger partial charge in [-0.1, -0.05) is 23.3 Å². The number of amides is 1. The molecule has 11 heteroatoms. The maximum Gasteiger partial charge on any atom is 0.417 e. The molecular weight excluding hydrogens is 558 g/mol. The van der Waals surface area contributed by atoms with Crippen molar-refractivity contribution in [2.24, 2.45) is 10.7 Å². The number of alkyl halides is 6. The van der Waals surface area contributed by atoms with Crippen molar-refractivity contribution in [1.29, 1.82) is 0 Å². The molecule has 218 valence electrons. The average molecular weight is 589 g/mol. The molecule has 0 unspecified atom stereocenters. The first-order chi connectivity index (χ1) is 18.1. The average Bonchev–Trinajstić information content (AvgIpc) is 2.81. The highest BCUT2D eigenvalue weighted by molar-refractivity contribution is 6.67. The second-order valence-corrected chi connectivity index (χ2v) is 9.87. The summed E-state index contributed by atoms with van der Waals surface area (Å²) in [5.74, 6) is -0.790. The first kappa shape index (κ1) is 34.6. The first-order valence-corrected chi connectivity index (χ1v) is 12.2. The number of aliphatic imine (C=N–C) groups is 1. The van der Waals surface area contributed by atoms with Gasteiger partial charge in [0, 0.05) is 11.1 Å². The quantitative estimate of drug-likeness (QED) is 0.167. The Kier molecular flexibility index (Phi) is 11.5. The van der Waals surface area contributed by atoms with Crippen molar-refractivity contribution in [2.45, 2.75) is 67.7 Å². The fourth-order valence-electron chi connectivity index (χ4n) is 3.62. The predicted molar refractivity (Wildman–Crippen MR) is 147 cm³/mol. The molecule has 2 aromatic carbocycles. The van der Waals surface area contributed by atoms with Gasteiger partial charge in [-0.25, -0.2) is 0 Å². The number of carbonyl (C=O) groups is 2. The van der Waals surface area contributed by atoms with Crippen molar-refractivity contribution in [3.05, 3.63) is 79.9 Å². The molecule has 0 saturated carbocycles. The monoisotopic (exact) mass is 588 g/mol. The molecule has 0 saturated heterocycles. The number of nitrogens with zero attached hydrogens (tertiary/aromatic N) is 1. The lowest BCUT2D eigenvalue weighted by Gasteiger charge is -2.17. The molecule has 0 bridgehead atoms. The van der Waals surface area contributed by atoms with E-state index in [1.165, 1.54) is 12.1 Å². The number of benzene rings is 2. The van der Waals surface area contributed by atoms with E-state index in [1.807, 2.05) is 0 Å². The second-order valence-electron chi connectivity index (χ2n) is 9.53. The normalized spacial score (nSPS) is 11.6. The number of hydrogen-bond acceptors (Lipinski definition) is 2. The number of allylic oxidation sites excluding steroid dienone is 4. The number of carbonyl (C=O) groups excluding carboxylic acids is 2. The van der Waals surface area contributed by atoms with E-state index in [1.54, 1.807) is 55.4 Å². The Labute approximate surface area is 234 Å². The van der Waals surface area contributed by atoms with Gasteiger partial charge < -0.3 is 5.73 Å². The third kappa shape index (κ3) is 8.55. The summed E-state index contributed by atoms with van der Waals surface area (Å²) in [5.41, 5.74) is 6.79. The van der Waals surface area contributed by atoms with Crippen LogP contribution >= 0.6 is 11.6 Å². The van der Waals surface area contributed by atoms with E-state index in [2.05, 4.69) is 4.99 Å². The molecule has 0 fully saturated rings. The van der Waals surface area contributed by atoms with Crippen LogP contribution in [-0.2, 0) is 12.4 Å². The minimum atomic E-state index is -4.55. The third-order valence-corrected chi connectivity index (χ3v) is 6.49. The highest BCUT2D eigenvalue weighted by atomic mass is 35.5. The summed E-state index contributed by atoms with van der Waals surface area (Å²) >= 11 is 5.31. The number of aryl methyl sites for hydroxylation is 2. The van der Waals surface area contributed by atoms with E-state index >= 15 is 0 Å². The van der Waals surface area contributed by atoms with E-state index in [-0.39, 0.29) is 22.3 Å². The Hall–Kier alpha value is -3.40. The maximum absolute atomic E-state index is 13.2. The van der Waals surface area contributed by atoms with Gasteiger partial charge in [0.15, 0.2) is 0 Å². The van der Waals surface area contributed by atoms with E-state index in [0.717, 1.165) is 29.6 Å². The predicted octanol–water partition coefficient (Wildman–Crippen LogP) is 9.16. The molecule has 2 aromatic rings. The topological polar surface area (TPSA) is 72.5 Å². The molecule has 2 rings (SSSR count). The van der Waals surface area contributed by atoms with E-state index < -0.39 is 34.6 Å². The fraction of sp³-hybridized carbons (Fsp3) is 0.345. The first-order valence-electron chi connectivity index (χ1n) is 11.9. The van der Waals surface area contributed by atoms with Crippen molar-refractivity contribution in [3.63, 3.8) is 0 Å². The van der Waals surface area contributed by atoms with Crippen LogP contribution in [0.3, 0.4) is 0 Å². The number of rotatable bonds is 4. The number of halogens is 7. The summed E-state index contributed by atoms with van der Waals surface area (Å²) in [6.45, 7) is 13.3. The second kappa shape index (κ2) is 13.3. The van der Waals surface area contributed by atoms with Crippen LogP contribution in [-0.4, -0.2) is 17.5 Å².